The summed E-state index contributed by atoms with van der Waals surface area (Å²) in [4.78, 5) is 16.3. The van der Waals surface area contributed by atoms with Crippen LogP contribution in [-0.4, -0.2) is 53.7 Å². The molecule has 1 saturated heterocycles. The van der Waals surface area contributed by atoms with Gasteiger partial charge in [0.15, 0.2) is 5.82 Å². The summed E-state index contributed by atoms with van der Waals surface area (Å²) in [5.41, 5.74) is 0.514. The summed E-state index contributed by atoms with van der Waals surface area (Å²) in [5, 5.41) is 11.5. The number of hydrogen-bond acceptors (Lipinski definition) is 5. The van der Waals surface area contributed by atoms with Gasteiger partial charge in [0.25, 0.3) is 5.91 Å². The van der Waals surface area contributed by atoms with Crippen LogP contribution in [0.1, 0.15) is 17.3 Å². The van der Waals surface area contributed by atoms with Crippen LogP contribution in [0.3, 0.4) is 0 Å². The van der Waals surface area contributed by atoms with Gasteiger partial charge in [0.05, 0.1) is 0 Å². The Kier molecular flexibility index (Phi) is 4.88. The van der Waals surface area contributed by atoms with E-state index in [0.717, 1.165) is 18.2 Å². The zero-order valence-corrected chi connectivity index (χ0v) is 13.6. The second-order valence-corrected chi connectivity index (χ2v) is 5.59. The third-order valence-electron chi connectivity index (χ3n) is 3.99. The molecule has 1 aromatic heterocycles. The minimum Gasteiger partial charge on any atom is -0.369 e. The molecule has 0 spiro atoms. The van der Waals surface area contributed by atoms with Crippen LogP contribution >= 0.6 is 0 Å². The fourth-order valence-electron chi connectivity index (χ4n) is 2.68. The van der Waals surface area contributed by atoms with Gasteiger partial charge in [-0.3, -0.25) is 4.79 Å². The standard InChI is InChI=1S/C17H20FN5O/c1-2-19-15-7-8-16(21-20-15)22-9-11-23(12-10-22)17(24)13-3-5-14(18)6-4-13/h3-8H,2,9-12H2,1H3,(H,19,20). The number of halogens is 1. The van der Waals surface area contributed by atoms with Crippen LogP contribution < -0.4 is 10.2 Å². The number of nitrogens with zero attached hydrogens (tertiary/aromatic N) is 4. The summed E-state index contributed by atoms with van der Waals surface area (Å²) in [6.07, 6.45) is 0. The SMILES string of the molecule is CCNc1ccc(N2CCN(C(=O)c3ccc(F)cc3)CC2)nn1. The molecule has 2 aromatic rings. The highest BCUT2D eigenvalue weighted by Crippen LogP contribution is 2.16. The smallest absolute Gasteiger partial charge is 0.253 e. The van der Waals surface area contributed by atoms with Crippen LogP contribution in [0.2, 0.25) is 0 Å². The molecular formula is C17H20FN5O. The Balaban J connectivity index is 1.59. The summed E-state index contributed by atoms with van der Waals surface area (Å²) in [6, 6.07) is 9.50. The van der Waals surface area contributed by atoms with Crippen molar-refractivity contribution in [3.05, 3.63) is 47.8 Å². The van der Waals surface area contributed by atoms with Crippen molar-refractivity contribution < 1.29 is 9.18 Å². The quantitative estimate of drug-likeness (QED) is 0.930. The number of carbonyl (C=O) groups excluding carboxylic acids is 1. The molecule has 0 aliphatic carbocycles. The van der Waals surface area contributed by atoms with E-state index >= 15 is 0 Å². The van der Waals surface area contributed by atoms with E-state index in [2.05, 4.69) is 20.4 Å². The van der Waals surface area contributed by atoms with Gasteiger partial charge in [-0.05, 0) is 43.3 Å². The molecule has 3 rings (SSSR count). The first-order valence-corrected chi connectivity index (χ1v) is 8.05. The lowest BCUT2D eigenvalue weighted by atomic mass is 10.2. The molecule has 0 radical (unpaired) electrons. The monoisotopic (exact) mass is 329 g/mol. The average Bonchev–Trinajstić information content (AvgIpc) is 2.63. The molecule has 1 amide bonds. The molecule has 0 atom stereocenters. The van der Waals surface area contributed by atoms with Crippen molar-refractivity contribution in [1.82, 2.24) is 15.1 Å². The lowest BCUT2D eigenvalue weighted by molar-refractivity contribution is 0.0746. The van der Waals surface area contributed by atoms with E-state index in [9.17, 15) is 9.18 Å². The number of benzene rings is 1. The third kappa shape index (κ3) is 3.61. The topological polar surface area (TPSA) is 61.4 Å². The van der Waals surface area contributed by atoms with Gasteiger partial charge in [0, 0.05) is 38.3 Å². The number of hydrogen-bond donors (Lipinski definition) is 1. The Labute approximate surface area is 140 Å². The Morgan fingerprint density at radius 2 is 1.79 bits per heavy atom. The van der Waals surface area contributed by atoms with Crippen molar-refractivity contribution >= 4 is 17.5 Å². The van der Waals surface area contributed by atoms with E-state index in [-0.39, 0.29) is 11.7 Å². The van der Waals surface area contributed by atoms with Gasteiger partial charge in [-0.15, -0.1) is 10.2 Å². The number of rotatable bonds is 4. The zero-order valence-electron chi connectivity index (χ0n) is 13.6. The van der Waals surface area contributed by atoms with Crippen LogP contribution in [0.15, 0.2) is 36.4 Å². The van der Waals surface area contributed by atoms with Crippen molar-refractivity contribution in [2.75, 3.05) is 42.9 Å². The number of amides is 1. The number of nitrogens with one attached hydrogen (secondary N) is 1. The molecule has 1 aromatic carbocycles. The lowest BCUT2D eigenvalue weighted by Gasteiger charge is -2.35. The predicted molar refractivity (Wildman–Crippen MR) is 90.7 cm³/mol. The maximum Gasteiger partial charge on any atom is 0.253 e. The molecule has 0 unspecified atom stereocenters. The molecular weight excluding hydrogens is 309 g/mol. The van der Waals surface area contributed by atoms with E-state index in [0.29, 0.717) is 31.7 Å². The zero-order chi connectivity index (χ0) is 16.9. The van der Waals surface area contributed by atoms with E-state index < -0.39 is 0 Å². The molecule has 1 aliphatic rings. The summed E-state index contributed by atoms with van der Waals surface area (Å²) in [6.45, 7) is 5.41. The molecule has 0 bridgehead atoms. The molecule has 1 N–H and O–H groups in total. The highest BCUT2D eigenvalue weighted by molar-refractivity contribution is 5.94. The molecule has 6 nitrogen and oxygen atoms in total. The molecule has 7 heteroatoms. The van der Waals surface area contributed by atoms with Crippen molar-refractivity contribution in [3.8, 4) is 0 Å². The van der Waals surface area contributed by atoms with Crippen LogP contribution in [0.4, 0.5) is 16.0 Å². The number of anilines is 2. The molecule has 1 fully saturated rings. The van der Waals surface area contributed by atoms with Gasteiger partial charge in [-0.25, -0.2) is 4.39 Å². The van der Waals surface area contributed by atoms with Gasteiger partial charge in [-0.1, -0.05) is 0 Å². The van der Waals surface area contributed by atoms with E-state index in [1.165, 1.54) is 24.3 Å². The Bertz CT molecular complexity index is 681. The van der Waals surface area contributed by atoms with E-state index in [1.54, 1.807) is 4.90 Å². The van der Waals surface area contributed by atoms with Crippen molar-refractivity contribution in [2.45, 2.75) is 6.92 Å². The Hall–Kier alpha value is -2.70. The normalized spacial score (nSPS) is 14.6. The van der Waals surface area contributed by atoms with Gasteiger partial charge >= 0.3 is 0 Å². The minimum atomic E-state index is -0.337. The Morgan fingerprint density at radius 3 is 2.38 bits per heavy atom. The average molecular weight is 329 g/mol. The van der Waals surface area contributed by atoms with Gasteiger partial charge in [0.2, 0.25) is 0 Å². The minimum absolute atomic E-state index is 0.0665. The summed E-state index contributed by atoms with van der Waals surface area (Å²) in [5.74, 6) is 1.16. The van der Waals surface area contributed by atoms with E-state index in [4.69, 9.17) is 0 Å². The van der Waals surface area contributed by atoms with Crippen molar-refractivity contribution in [1.29, 1.82) is 0 Å². The lowest BCUT2D eigenvalue weighted by Crippen LogP contribution is -2.49. The first-order valence-electron chi connectivity index (χ1n) is 8.05. The van der Waals surface area contributed by atoms with E-state index in [1.807, 2.05) is 19.1 Å². The van der Waals surface area contributed by atoms with Gasteiger partial charge in [0.1, 0.15) is 11.6 Å². The third-order valence-corrected chi connectivity index (χ3v) is 3.99. The maximum atomic E-state index is 13.0. The summed E-state index contributed by atoms with van der Waals surface area (Å²) < 4.78 is 13.0. The van der Waals surface area contributed by atoms with Crippen molar-refractivity contribution in [2.24, 2.45) is 0 Å². The summed E-state index contributed by atoms with van der Waals surface area (Å²) >= 11 is 0. The predicted octanol–water partition coefficient (Wildman–Crippen LogP) is 2.01. The fraction of sp³-hybridized carbons (Fsp3) is 0.353. The highest BCUT2D eigenvalue weighted by Gasteiger charge is 2.23. The highest BCUT2D eigenvalue weighted by atomic mass is 19.1. The van der Waals surface area contributed by atoms with Gasteiger partial charge in [-0.2, -0.15) is 0 Å². The second kappa shape index (κ2) is 7.25. The second-order valence-electron chi connectivity index (χ2n) is 5.59. The first kappa shape index (κ1) is 16.2. The molecule has 0 saturated carbocycles. The molecule has 2 heterocycles. The molecule has 24 heavy (non-hydrogen) atoms. The molecule has 126 valence electrons. The largest absolute Gasteiger partial charge is 0.369 e. The van der Waals surface area contributed by atoms with Crippen LogP contribution in [0.5, 0.6) is 0 Å². The van der Waals surface area contributed by atoms with Crippen molar-refractivity contribution in [3.63, 3.8) is 0 Å². The summed E-state index contributed by atoms with van der Waals surface area (Å²) in [7, 11) is 0. The van der Waals surface area contributed by atoms with Crippen LogP contribution in [0, 0.1) is 5.82 Å². The Morgan fingerprint density at radius 1 is 1.08 bits per heavy atom. The first-order chi connectivity index (χ1) is 11.7. The maximum absolute atomic E-state index is 13.0. The van der Waals surface area contributed by atoms with Gasteiger partial charge < -0.3 is 15.1 Å². The fourth-order valence-corrected chi connectivity index (χ4v) is 2.68. The number of aromatic nitrogens is 2. The van der Waals surface area contributed by atoms with Crippen LogP contribution in [-0.2, 0) is 0 Å². The number of carbonyl (C=O) groups is 1. The van der Waals surface area contributed by atoms with Crippen LogP contribution in [0.25, 0.3) is 0 Å². The number of piperazine rings is 1. The molecule has 1 aliphatic heterocycles.